The molecule has 1 fully saturated rings. The second-order valence-corrected chi connectivity index (χ2v) is 5.95. The number of hydrogen-bond donors (Lipinski definition) is 1. The van der Waals surface area contributed by atoms with Crippen molar-refractivity contribution in [2.75, 3.05) is 13.7 Å². The zero-order valence-corrected chi connectivity index (χ0v) is 12.8. The third kappa shape index (κ3) is 3.51. The Morgan fingerprint density at radius 3 is 2.55 bits per heavy atom. The van der Waals surface area contributed by atoms with E-state index in [-0.39, 0.29) is 11.9 Å². The number of methoxy groups -OCH3 is 1. The summed E-state index contributed by atoms with van der Waals surface area (Å²) in [7, 11) is 1.50. The van der Waals surface area contributed by atoms with Gasteiger partial charge in [-0.3, -0.25) is 0 Å². The highest BCUT2D eigenvalue weighted by atomic mass is 19.1. The van der Waals surface area contributed by atoms with Crippen LogP contribution in [-0.4, -0.2) is 13.7 Å². The van der Waals surface area contributed by atoms with Gasteiger partial charge in [0.2, 0.25) is 0 Å². The molecule has 0 heterocycles. The highest BCUT2D eigenvalue weighted by Gasteiger charge is 2.27. The van der Waals surface area contributed by atoms with Crippen LogP contribution in [-0.2, 0) is 0 Å². The predicted octanol–water partition coefficient (Wildman–Crippen LogP) is 4.31. The van der Waals surface area contributed by atoms with Crippen molar-refractivity contribution in [3.05, 3.63) is 29.6 Å². The summed E-state index contributed by atoms with van der Waals surface area (Å²) in [6.45, 7) is 5.34. The van der Waals surface area contributed by atoms with Gasteiger partial charge in [-0.25, -0.2) is 4.39 Å². The Bertz CT molecular complexity index is 427. The van der Waals surface area contributed by atoms with Crippen LogP contribution in [0.2, 0.25) is 0 Å². The number of hydrogen-bond acceptors (Lipinski definition) is 2. The minimum atomic E-state index is -0.267. The number of rotatable bonds is 5. The van der Waals surface area contributed by atoms with Crippen LogP contribution in [0.25, 0.3) is 0 Å². The molecule has 0 aliphatic heterocycles. The van der Waals surface area contributed by atoms with E-state index < -0.39 is 0 Å². The van der Waals surface area contributed by atoms with Gasteiger partial charge in [-0.05, 0) is 48.9 Å². The molecule has 3 heteroatoms. The fraction of sp³-hybridized carbons (Fsp3) is 0.647. The van der Waals surface area contributed by atoms with Gasteiger partial charge in [0.25, 0.3) is 0 Å². The number of benzene rings is 1. The predicted molar refractivity (Wildman–Crippen MR) is 80.5 cm³/mol. The van der Waals surface area contributed by atoms with Crippen LogP contribution in [0.3, 0.4) is 0 Å². The monoisotopic (exact) mass is 279 g/mol. The summed E-state index contributed by atoms with van der Waals surface area (Å²) in [5.74, 6) is 1.50. The van der Waals surface area contributed by atoms with Crippen molar-refractivity contribution in [1.82, 2.24) is 5.32 Å². The second-order valence-electron chi connectivity index (χ2n) is 5.95. The Hall–Kier alpha value is -1.09. The first-order valence-corrected chi connectivity index (χ1v) is 7.72. The maximum absolute atomic E-state index is 13.9. The van der Waals surface area contributed by atoms with Crippen molar-refractivity contribution in [2.24, 2.45) is 11.8 Å². The zero-order chi connectivity index (χ0) is 14.5. The van der Waals surface area contributed by atoms with Crippen LogP contribution < -0.4 is 10.1 Å². The zero-order valence-electron chi connectivity index (χ0n) is 12.8. The number of nitrogens with one attached hydrogen (secondary N) is 1. The maximum Gasteiger partial charge on any atom is 0.165 e. The fourth-order valence-electron chi connectivity index (χ4n) is 3.27. The van der Waals surface area contributed by atoms with E-state index in [4.69, 9.17) is 4.74 Å². The lowest BCUT2D eigenvalue weighted by atomic mass is 9.77. The van der Waals surface area contributed by atoms with E-state index in [1.807, 2.05) is 6.07 Å². The SMILES string of the molecule is CCNC(c1ccc(OC)c(F)c1)C1CCC(C)CC1. The Morgan fingerprint density at radius 1 is 1.30 bits per heavy atom. The van der Waals surface area contributed by atoms with Gasteiger partial charge in [0.1, 0.15) is 0 Å². The molecule has 1 aromatic rings. The summed E-state index contributed by atoms with van der Waals surface area (Å²) in [5, 5.41) is 3.54. The van der Waals surface area contributed by atoms with Crippen molar-refractivity contribution in [2.45, 2.75) is 45.6 Å². The third-order valence-electron chi connectivity index (χ3n) is 4.49. The maximum atomic E-state index is 13.9. The van der Waals surface area contributed by atoms with E-state index >= 15 is 0 Å². The largest absolute Gasteiger partial charge is 0.494 e. The highest BCUT2D eigenvalue weighted by molar-refractivity contribution is 5.31. The summed E-state index contributed by atoms with van der Waals surface area (Å²) < 4.78 is 18.9. The Morgan fingerprint density at radius 2 is 2.00 bits per heavy atom. The molecule has 1 aromatic carbocycles. The first-order valence-electron chi connectivity index (χ1n) is 7.72. The quantitative estimate of drug-likeness (QED) is 0.867. The van der Waals surface area contributed by atoms with Crippen LogP contribution >= 0.6 is 0 Å². The van der Waals surface area contributed by atoms with Gasteiger partial charge in [0.15, 0.2) is 11.6 Å². The molecule has 1 N–H and O–H groups in total. The summed E-state index contributed by atoms with van der Waals surface area (Å²) >= 11 is 0. The molecule has 2 nitrogen and oxygen atoms in total. The molecule has 0 bridgehead atoms. The van der Waals surface area contributed by atoms with Crippen LogP contribution in [0.15, 0.2) is 18.2 Å². The molecule has 2 rings (SSSR count). The molecule has 1 unspecified atom stereocenters. The van der Waals surface area contributed by atoms with E-state index in [0.29, 0.717) is 11.7 Å². The van der Waals surface area contributed by atoms with E-state index in [0.717, 1.165) is 18.0 Å². The van der Waals surface area contributed by atoms with E-state index in [1.54, 1.807) is 12.1 Å². The summed E-state index contributed by atoms with van der Waals surface area (Å²) in [5.41, 5.74) is 1.05. The van der Waals surface area contributed by atoms with Gasteiger partial charge in [0.05, 0.1) is 7.11 Å². The van der Waals surface area contributed by atoms with Gasteiger partial charge in [0, 0.05) is 6.04 Å². The van der Waals surface area contributed by atoms with Gasteiger partial charge >= 0.3 is 0 Å². The minimum Gasteiger partial charge on any atom is -0.494 e. The van der Waals surface area contributed by atoms with Gasteiger partial charge in [-0.2, -0.15) is 0 Å². The van der Waals surface area contributed by atoms with Gasteiger partial charge in [-0.1, -0.05) is 32.8 Å². The lowest BCUT2D eigenvalue weighted by Crippen LogP contribution is -2.30. The summed E-state index contributed by atoms with van der Waals surface area (Å²) in [6.07, 6.45) is 5.02. The molecule has 1 atom stereocenters. The van der Waals surface area contributed by atoms with E-state index in [9.17, 15) is 4.39 Å². The van der Waals surface area contributed by atoms with Crippen LogP contribution in [0.1, 0.15) is 51.1 Å². The number of ether oxygens (including phenoxy) is 1. The molecular formula is C17H26FNO. The lowest BCUT2D eigenvalue weighted by Gasteiger charge is -2.33. The van der Waals surface area contributed by atoms with Crippen molar-refractivity contribution in [3.63, 3.8) is 0 Å². The standard InChI is InChI=1S/C17H26FNO/c1-4-19-17(13-7-5-12(2)6-8-13)14-9-10-16(20-3)15(18)11-14/h9-13,17,19H,4-8H2,1-3H3. The average molecular weight is 279 g/mol. The first kappa shape index (κ1) is 15.3. The Labute approximate surface area is 121 Å². The molecule has 0 radical (unpaired) electrons. The van der Waals surface area contributed by atoms with Crippen LogP contribution in [0.5, 0.6) is 5.75 Å². The third-order valence-corrected chi connectivity index (χ3v) is 4.49. The molecule has 112 valence electrons. The van der Waals surface area contributed by atoms with E-state index in [1.165, 1.54) is 32.8 Å². The highest BCUT2D eigenvalue weighted by Crippen LogP contribution is 2.37. The Balaban J connectivity index is 2.17. The van der Waals surface area contributed by atoms with Gasteiger partial charge in [-0.15, -0.1) is 0 Å². The molecule has 0 amide bonds. The van der Waals surface area contributed by atoms with E-state index in [2.05, 4.69) is 19.2 Å². The van der Waals surface area contributed by atoms with Crippen molar-refractivity contribution < 1.29 is 9.13 Å². The molecule has 20 heavy (non-hydrogen) atoms. The molecular weight excluding hydrogens is 253 g/mol. The molecule has 1 saturated carbocycles. The Kier molecular flexibility index (Phi) is 5.41. The van der Waals surface area contributed by atoms with Crippen molar-refractivity contribution >= 4 is 0 Å². The second kappa shape index (κ2) is 7.07. The molecule has 1 aliphatic carbocycles. The minimum absolute atomic E-state index is 0.257. The van der Waals surface area contributed by atoms with Crippen LogP contribution in [0, 0.1) is 17.7 Å². The van der Waals surface area contributed by atoms with Gasteiger partial charge < -0.3 is 10.1 Å². The molecule has 0 aromatic heterocycles. The lowest BCUT2D eigenvalue weighted by molar-refractivity contribution is 0.232. The number of halogens is 1. The molecule has 0 saturated heterocycles. The topological polar surface area (TPSA) is 21.3 Å². The summed E-state index contributed by atoms with van der Waals surface area (Å²) in [6, 6.07) is 5.62. The average Bonchev–Trinajstić information content (AvgIpc) is 2.46. The molecule has 0 spiro atoms. The van der Waals surface area contributed by atoms with Crippen LogP contribution in [0.4, 0.5) is 4.39 Å². The first-order chi connectivity index (χ1) is 9.65. The fourth-order valence-corrected chi connectivity index (χ4v) is 3.27. The molecule has 1 aliphatic rings. The normalized spacial score (nSPS) is 24.4. The van der Waals surface area contributed by atoms with Crippen molar-refractivity contribution in [1.29, 1.82) is 0 Å². The summed E-state index contributed by atoms with van der Waals surface area (Å²) in [4.78, 5) is 0. The smallest absolute Gasteiger partial charge is 0.165 e. The van der Waals surface area contributed by atoms with Crippen molar-refractivity contribution in [3.8, 4) is 5.75 Å².